The summed E-state index contributed by atoms with van der Waals surface area (Å²) in [6.07, 6.45) is 1.25. The Hall–Kier alpha value is -12.4. The molecular weight excluding hydrogens is 1560 g/mol. The lowest BCUT2D eigenvalue weighted by Crippen LogP contribution is -2.60. The van der Waals surface area contributed by atoms with E-state index in [2.05, 4.69) is 112 Å². The summed E-state index contributed by atoms with van der Waals surface area (Å²) in [5.41, 5.74) is 44.2. The van der Waals surface area contributed by atoms with Crippen LogP contribution in [0.1, 0.15) is 137 Å². The molecule has 118 heavy (non-hydrogen) atoms. The number of hydrogen-bond donors (Lipinski definition) is 37. The van der Waals surface area contributed by atoms with E-state index in [1.807, 2.05) is 13.8 Å². The van der Waals surface area contributed by atoms with Crippen molar-refractivity contribution in [1.29, 1.82) is 43.3 Å². The number of hydrogen-bond acceptors (Lipinski definition) is 22. The van der Waals surface area contributed by atoms with Gasteiger partial charge in [0.15, 0.2) is 47.7 Å². The summed E-state index contributed by atoms with van der Waals surface area (Å²) in [5, 5.41) is 115. The van der Waals surface area contributed by atoms with Crippen molar-refractivity contribution in [3.63, 3.8) is 0 Å². The number of rotatable bonds is 61. The summed E-state index contributed by atoms with van der Waals surface area (Å²) < 4.78 is 0. The van der Waals surface area contributed by atoms with Crippen molar-refractivity contribution in [2.24, 2.45) is 57.7 Å². The first-order valence-electron chi connectivity index (χ1n) is 38.5. The Morgan fingerprint density at radius 3 is 0.686 bits per heavy atom. The van der Waals surface area contributed by atoms with Crippen LogP contribution in [0.3, 0.4) is 0 Å². The fraction of sp³-hybridized carbons (Fsp3) is 0.687. The molecule has 668 valence electrons. The third kappa shape index (κ3) is 50.8. The number of guanidine groups is 8. The number of carbonyl (C=O) groups is 13. The molecule has 0 rings (SSSR count). The van der Waals surface area contributed by atoms with Gasteiger partial charge in [0, 0.05) is 71.1 Å². The van der Waals surface area contributed by atoms with Gasteiger partial charge in [0.2, 0.25) is 76.8 Å². The Labute approximate surface area is 690 Å². The van der Waals surface area contributed by atoms with Gasteiger partial charge in [-0.05, 0) is 128 Å². The normalized spacial score (nSPS) is 13.5. The van der Waals surface area contributed by atoms with E-state index in [9.17, 15) is 62.3 Å². The van der Waals surface area contributed by atoms with Crippen LogP contribution in [0, 0.1) is 55.1 Å². The fourth-order valence-corrected chi connectivity index (χ4v) is 11.7. The van der Waals surface area contributed by atoms with E-state index in [1.165, 1.54) is 25.7 Å². The summed E-state index contributed by atoms with van der Waals surface area (Å²) in [6, 6.07) is -14.4. The molecule has 0 aliphatic rings. The van der Waals surface area contributed by atoms with E-state index in [4.69, 9.17) is 89.1 Å². The van der Waals surface area contributed by atoms with Gasteiger partial charge in [0.25, 0.3) is 0 Å². The Kier molecular flexibility index (Phi) is 53.9. The summed E-state index contributed by atoms with van der Waals surface area (Å²) >= 11 is 1.21. The van der Waals surface area contributed by atoms with E-state index in [-0.39, 0.29) is 191 Å². The van der Waals surface area contributed by atoms with Gasteiger partial charge in [-0.1, -0.05) is 20.8 Å². The van der Waals surface area contributed by atoms with Crippen molar-refractivity contribution >= 4 is 136 Å². The number of thioether (sulfide) groups is 1. The third-order valence-corrected chi connectivity index (χ3v) is 17.7. The second-order valence-electron chi connectivity index (χ2n) is 27.8. The minimum Gasteiger partial charge on any atom is -0.370 e. The van der Waals surface area contributed by atoms with Gasteiger partial charge in [-0.15, -0.1) is 0 Å². The summed E-state index contributed by atoms with van der Waals surface area (Å²) in [4.78, 5) is 182. The van der Waals surface area contributed by atoms with Crippen molar-refractivity contribution in [1.82, 2.24) is 112 Å². The van der Waals surface area contributed by atoms with Gasteiger partial charge in [-0.25, -0.2) is 0 Å². The first kappa shape index (κ1) is 106. The molecule has 13 amide bonds. The molecule has 0 saturated carbocycles. The topological polar surface area (TPSA) is 873 Å². The molecular formula is C67H131N37O13S. The maximum atomic E-state index is 14.9. The molecule has 0 aliphatic carbocycles. The largest absolute Gasteiger partial charge is 0.370 e. The molecule has 45 N–H and O–H groups in total. The van der Waals surface area contributed by atoms with E-state index in [1.54, 1.807) is 13.2 Å². The van der Waals surface area contributed by atoms with Crippen molar-refractivity contribution in [2.75, 3.05) is 84.5 Å². The Morgan fingerprint density at radius 2 is 0.475 bits per heavy atom. The van der Waals surface area contributed by atoms with Gasteiger partial charge in [0.1, 0.15) is 60.4 Å². The Bertz CT molecular complexity index is 3360. The van der Waals surface area contributed by atoms with Crippen molar-refractivity contribution < 1.29 is 62.3 Å². The SMILES string of the molecule is CNC(=O)[C@@H](CCCNC(=N)N)NC(=O)[C@@H](CCCNC(=N)N)NC(=O)[C@@H](CCCNC(=N)N)NC(=O)[C@@H](CCCNC(=N)N)NC(=O)[C@@H](CCCNC(=N)N)NC(=O)[C@@H](CCCNC(=N)N)NC(=O)[C@@H](CCCNC(=N)N)NC(=O)[C@@H](CCCNC(=N)N)NC(=O)CNC(=O)[C@H](C)NC(=O)[C@H](CSC)NC(=O)CNC(=O)[C@@H](C)CC(C)C. The number of likely N-dealkylation sites (N-methyl/N-ethyl adjacent to an activating group) is 1. The monoisotopic (exact) mass is 1690 g/mol. The smallest absolute Gasteiger partial charge is 0.244 e. The predicted octanol–water partition coefficient (Wildman–Crippen LogP) is -11.0. The molecule has 0 heterocycles. The molecule has 50 nitrogen and oxygen atoms in total. The molecule has 11 atom stereocenters. The van der Waals surface area contributed by atoms with E-state index in [0.29, 0.717) is 6.42 Å². The van der Waals surface area contributed by atoms with Crippen LogP contribution in [0.15, 0.2) is 0 Å². The van der Waals surface area contributed by atoms with Gasteiger partial charge < -0.3 is 158 Å². The highest BCUT2D eigenvalue weighted by Crippen LogP contribution is 2.13. The standard InChI is InChI=1S/C67H131N37O13S/c1-35(2)31-36(3)49(107)93-32-48(106)97-46(34-118-6)59(117)95-37(4)50(108)94-33-47(105)96-39(16-8-24-86-61(70)71)52(110)99-41(18-10-26-88-63(74)75)54(112)101-43(20-12-28-90-65(78)79)56(114)103-45(22-14-30-92-67(82)83)58(116)104-44(21-13-29-91-66(80)81)57(115)102-42(19-11-27-89-64(76)77)55(113)100-40(17-9-25-87-62(72)73)53(111)98-38(51(109)84-5)15-7-23-85-60(68)69/h35-46H,7-34H2,1-6H3,(H,84,109)(H,93,107)(H,94,108)(H,95,117)(H,96,105)(H,97,106)(H,98,111)(H,99,110)(H,100,113)(H,101,112)(H,102,115)(H,103,114)(H,104,116)(H4,68,69,85)(H4,70,71,86)(H4,72,73,87)(H4,74,75,88)(H4,76,77,89)(H4,78,79,90)(H4,80,81,91)(H4,82,83,92)/t36-,37-,38+,39+,40+,41+,42+,43+,44+,45+,46-/m0/s1. The number of carbonyl (C=O) groups excluding carboxylic acids is 13. The average Bonchev–Trinajstić information content (AvgIpc) is 0.869. The molecule has 0 radical (unpaired) electrons. The third-order valence-electron chi connectivity index (χ3n) is 17.1. The Balaban J connectivity index is 7.63. The lowest BCUT2D eigenvalue weighted by atomic mass is 9.98. The maximum Gasteiger partial charge on any atom is 0.244 e. The zero-order chi connectivity index (χ0) is 89.4. The molecule has 0 aromatic rings. The highest BCUT2D eigenvalue weighted by molar-refractivity contribution is 7.98. The average molecular weight is 1700 g/mol. The van der Waals surface area contributed by atoms with Crippen LogP contribution in [0.4, 0.5) is 0 Å². The number of amides is 13. The minimum atomic E-state index is -1.62. The zero-order valence-electron chi connectivity index (χ0n) is 68.1. The second-order valence-corrected chi connectivity index (χ2v) is 28.7. The fourth-order valence-electron chi connectivity index (χ4n) is 11.2. The van der Waals surface area contributed by atoms with Crippen LogP contribution in [-0.2, 0) is 62.3 Å². The van der Waals surface area contributed by atoms with Crippen LogP contribution < -0.4 is 158 Å². The molecule has 0 aromatic heterocycles. The zero-order valence-corrected chi connectivity index (χ0v) is 68.9. The molecule has 0 aromatic carbocycles. The molecule has 0 fully saturated rings. The minimum absolute atomic E-state index is 0.00348. The van der Waals surface area contributed by atoms with Gasteiger partial charge in [0.05, 0.1) is 13.1 Å². The molecule has 0 bridgehead atoms. The van der Waals surface area contributed by atoms with Gasteiger partial charge >= 0.3 is 0 Å². The van der Waals surface area contributed by atoms with Crippen LogP contribution in [0.2, 0.25) is 0 Å². The molecule has 0 unspecified atom stereocenters. The van der Waals surface area contributed by atoms with Gasteiger partial charge in [-0.2, -0.15) is 11.8 Å². The summed E-state index contributed by atoms with van der Waals surface area (Å²) in [5.74, 6) is -14.4. The van der Waals surface area contributed by atoms with E-state index < -0.39 is 180 Å². The molecule has 0 saturated heterocycles. The quantitative estimate of drug-likeness (QED) is 0.0153. The summed E-state index contributed by atoms with van der Waals surface area (Å²) in [7, 11) is 1.34. The van der Waals surface area contributed by atoms with Crippen LogP contribution in [-0.4, -0.2) is 269 Å². The highest BCUT2D eigenvalue weighted by atomic mass is 32.2. The van der Waals surface area contributed by atoms with Crippen LogP contribution >= 0.6 is 11.8 Å². The predicted molar refractivity (Wildman–Crippen MR) is 445 cm³/mol. The van der Waals surface area contributed by atoms with Gasteiger partial charge in [-0.3, -0.25) is 106 Å². The van der Waals surface area contributed by atoms with E-state index in [0.717, 1.165) is 0 Å². The second kappa shape index (κ2) is 60.2. The molecule has 0 aliphatic heterocycles. The first-order valence-corrected chi connectivity index (χ1v) is 39.9. The van der Waals surface area contributed by atoms with Crippen LogP contribution in [0.5, 0.6) is 0 Å². The highest BCUT2D eigenvalue weighted by Gasteiger charge is 2.36. The lowest BCUT2D eigenvalue weighted by molar-refractivity contribution is -0.136. The molecule has 0 spiro atoms. The number of nitrogens with two attached hydrogens (primary N) is 8. The first-order chi connectivity index (χ1) is 55.6. The lowest BCUT2D eigenvalue weighted by Gasteiger charge is -2.28. The van der Waals surface area contributed by atoms with Crippen molar-refractivity contribution in [3.8, 4) is 0 Å². The van der Waals surface area contributed by atoms with Crippen molar-refractivity contribution in [3.05, 3.63) is 0 Å². The maximum absolute atomic E-state index is 14.9. The van der Waals surface area contributed by atoms with E-state index >= 15 is 0 Å². The number of nitrogens with one attached hydrogen (secondary N) is 29. The van der Waals surface area contributed by atoms with Crippen molar-refractivity contribution in [2.45, 2.75) is 197 Å². The molecule has 51 heteroatoms. The summed E-state index contributed by atoms with van der Waals surface area (Å²) in [6.45, 7) is 5.81. The van der Waals surface area contributed by atoms with Crippen LogP contribution in [0.25, 0.3) is 0 Å². The Morgan fingerprint density at radius 1 is 0.271 bits per heavy atom.